The first-order chi connectivity index (χ1) is 14.8. The second-order valence-electron chi connectivity index (χ2n) is 8.16. The van der Waals surface area contributed by atoms with Gasteiger partial charge in [0.25, 0.3) is 11.5 Å². The van der Waals surface area contributed by atoms with Crippen LogP contribution in [0.2, 0.25) is 0 Å². The second-order valence-corrected chi connectivity index (χ2v) is 8.16. The molecule has 3 aliphatic rings. The van der Waals surface area contributed by atoms with Crippen molar-refractivity contribution in [1.82, 2.24) is 9.58 Å². The van der Waals surface area contributed by atoms with E-state index in [1.165, 1.54) is 32.7 Å². The summed E-state index contributed by atoms with van der Waals surface area (Å²) in [4.78, 5) is 27.8. The Morgan fingerprint density at radius 3 is 2.65 bits per heavy atom. The van der Waals surface area contributed by atoms with Crippen molar-refractivity contribution < 1.29 is 27.4 Å². The van der Waals surface area contributed by atoms with Gasteiger partial charge < -0.3 is 24.3 Å². The van der Waals surface area contributed by atoms with Crippen LogP contribution >= 0.6 is 0 Å². The normalized spacial score (nSPS) is 27.6. The van der Waals surface area contributed by atoms with Gasteiger partial charge in [0.15, 0.2) is 0 Å². The van der Waals surface area contributed by atoms with Crippen LogP contribution in [0.15, 0.2) is 23.0 Å². The van der Waals surface area contributed by atoms with Crippen molar-refractivity contribution in [3.05, 3.63) is 28.6 Å². The summed E-state index contributed by atoms with van der Waals surface area (Å²) in [6.45, 7) is 3.08. The number of carbonyl (C=O) groups is 1. The summed E-state index contributed by atoms with van der Waals surface area (Å²) >= 11 is 0. The minimum absolute atomic E-state index is 0.0369. The highest BCUT2D eigenvalue weighted by Gasteiger charge is 2.49. The zero-order valence-corrected chi connectivity index (χ0v) is 17.4. The molecule has 31 heavy (non-hydrogen) atoms. The molecule has 0 saturated carbocycles. The molecular formula is C20H27F3N4O4. The van der Waals surface area contributed by atoms with Crippen molar-refractivity contribution >= 4 is 11.7 Å². The van der Waals surface area contributed by atoms with Crippen molar-refractivity contribution in [2.45, 2.75) is 44.1 Å². The van der Waals surface area contributed by atoms with Gasteiger partial charge in [-0.25, -0.2) is 4.68 Å². The molecule has 2 unspecified atom stereocenters. The van der Waals surface area contributed by atoms with Crippen molar-refractivity contribution in [3.63, 3.8) is 0 Å². The largest absolute Gasteiger partial charge is 0.410 e. The van der Waals surface area contributed by atoms with Gasteiger partial charge in [-0.05, 0) is 25.8 Å². The van der Waals surface area contributed by atoms with Gasteiger partial charge in [0, 0.05) is 25.8 Å². The van der Waals surface area contributed by atoms with Crippen LogP contribution < -0.4 is 15.5 Å². The van der Waals surface area contributed by atoms with Crippen LogP contribution in [-0.4, -0.2) is 85.8 Å². The number of piperazine rings is 1. The zero-order valence-electron chi connectivity index (χ0n) is 17.4. The number of ether oxygens (including phenoxy) is 2. The lowest BCUT2D eigenvalue weighted by Gasteiger charge is -2.46. The smallest absolute Gasteiger partial charge is 0.377 e. The molecule has 1 aromatic rings. The Hall–Kier alpha value is -2.27. The van der Waals surface area contributed by atoms with Crippen LogP contribution in [0.5, 0.6) is 0 Å². The highest BCUT2D eigenvalue weighted by molar-refractivity contribution is 5.81. The fourth-order valence-corrected chi connectivity index (χ4v) is 4.48. The molecule has 4 heterocycles. The molecule has 1 aromatic heterocycles. The van der Waals surface area contributed by atoms with Crippen molar-refractivity contribution in [1.29, 1.82) is 0 Å². The van der Waals surface area contributed by atoms with Crippen molar-refractivity contribution in [2.24, 2.45) is 0 Å². The maximum absolute atomic E-state index is 14.1. The third kappa shape index (κ3) is 4.38. The van der Waals surface area contributed by atoms with Crippen LogP contribution in [-0.2, 0) is 14.3 Å². The number of morpholine rings is 1. The molecule has 0 bridgehead atoms. The number of anilines is 1. The highest BCUT2D eigenvalue weighted by atomic mass is 19.4. The number of hydrogen-bond acceptors (Lipinski definition) is 6. The van der Waals surface area contributed by atoms with Crippen molar-refractivity contribution in [3.8, 4) is 0 Å². The molecule has 3 saturated heterocycles. The van der Waals surface area contributed by atoms with E-state index in [-0.39, 0.29) is 24.9 Å². The first-order valence-electron chi connectivity index (χ1n) is 10.6. The van der Waals surface area contributed by atoms with Gasteiger partial charge in [0.1, 0.15) is 18.0 Å². The fourth-order valence-electron chi connectivity index (χ4n) is 4.48. The lowest BCUT2D eigenvalue weighted by molar-refractivity contribution is -0.164. The summed E-state index contributed by atoms with van der Waals surface area (Å²) in [5, 5.41) is 1.75. The first-order valence-corrected chi connectivity index (χ1v) is 10.6. The topological polar surface area (TPSA) is 67.2 Å². The Labute approximate surface area is 178 Å². The van der Waals surface area contributed by atoms with Gasteiger partial charge >= 0.3 is 6.18 Å². The summed E-state index contributed by atoms with van der Waals surface area (Å²) in [6.07, 6.45) is -3.98. The van der Waals surface area contributed by atoms with E-state index in [4.69, 9.17) is 9.47 Å². The molecule has 0 N–H and O–H groups in total. The number of carbonyl (C=O) groups excluding carboxylic acids is 1. The molecule has 8 nitrogen and oxygen atoms in total. The summed E-state index contributed by atoms with van der Waals surface area (Å²) in [6, 6.07) is 2.25. The Kier molecular flexibility index (Phi) is 6.16. The summed E-state index contributed by atoms with van der Waals surface area (Å²) in [7, 11) is 0. The second kappa shape index (κ2) is 8.70. The lowest BCUT2D eigenvalue weighted by Crippen LogP contribution is -2.63. The average molecular weight is 444 g/mol. The zero-order chi connectivity index (χ0) is 22.2. The van der Waals surface area contributed by atoms with Crippen LogP contribution in [0.3, 0.4) is 0 Å². The maximum atomic E-state index is 14.1. The Morgan fingerprint density at radius 2 is 1.97 bits per heavy atom. The molecule has 0 spiro atoms. The van der Waals surface area contributed by atoms with Gasteiger partial charge in [-0.2, -0.15) is 13.2 Å². The number of halogens is 3. The molecule has 11 heteroatoms. The van der Waals surface area contributed by atoms with E-state index in [1.807, 2.05) is 6.92 Å². The van der Waals surface area contributed by atoms with Crippen LogP contribution in [0, 0.1) is 0 Å². The molecule has 0 aromatic carbocycles. The Morgan fingerprint density at radius 1 is 1.16 bits per heavy atom. The first kappa shape index (κ1) is 21.9. The van der Waals surface area contributed by atoms with E-state index < -0.39 is 36.3 Å². The molecule has 4 rings (SSSR count). The summed E-state index contributed by atoms with van der Waals surface area (Å²) in [5.41, 5.74) is -0.398. The number of nitrogens with zero attached hydrogens (tertiary/aromatic N) is 4. The van der Waals surface area contributed by atoms with E-state index in [2.05, 4.69) is 0 Å². The van der Waals surface area contributed by atoms with E-state index in [0.29, 0.717) is 32.8 Å². The quantitative estimate of drug-likeness (QED) is 0.692. The molecule has 172 valence electrons. The molecule has 0 aliphatic carbocycles. The molecule has 3 aliphatic heterocycles. The standard InChI is InChI=1S/C20H27F3N4O4/c1-14-13-30-11-9-26(14)27-17(5-2-6-18(27)28)25-8-7-24(12-16(25)20(21,22)23)19(29)15-4-3-10-31-15/h2,5-6,14-16H,3-4,7-13H2,1H3/t14-,15?,16?/m1/s1. The van der Waals surface area contributed by atoms with Gasteiger partial charge in [-0.1, -0.05) is 6.07 Å². The van der Waals surface area contributed by atoms with Crippen LogP contribution in [0.4, 0.5) is 19.0 Å². The number of alkyl halides is 3. The molecular weight excluding hydrogens is 417 g/mol. The maximum Gasteiger partial charge on any atom is 0.410 e. The van der Waals surface area contributed by atoms with Crippen molar-refractivity contribution in [2.75, 3.05) is 55.9 Å². The average Bonchev–Trinajstić information content (AvgIpc) is 3.28. The highest BCUT2D eigenvalue weighted by Crippen LogP contribution is 2.32. The van der Waals surface area contributed by atoms with Gasteiger partial charge in [-0.15, -0.1) is 0 Å². The molecule has 3 fully saturated rings. The third-order valence-corrected chi connectivity index (χ3v) is 6.07. The molecule has 1 amide bonds. The van der Waals surface area contributed by atoms with Crippen LogP contribution in [0.1, 0.15) is 19.8 Å². The molecule has 3 atom stereocenters. The number of hydrogen-bond donors (Lipinski definition) is 0. The predicted molar refractivity (Wildman–Crippen MR) is 107 cm³/mol. The fraction of sp³-hybridized carbons (Fsp3) is 0.700. The van der Waals surface area contributed by atoms with Gasteiger partial charge in [0.2, 0.25) is 0 Å². The summed E-state index contributed by atoms with van der Waals surface area (Å²) < 4.78 is 54.4. The van der Waals surface area contributed by atoms with Gasteiger partial charge in [-0.3, -0.25) is 9.59 Å². The van der Waals surface area contributed by atoms with Gasteiger partial charge in [0.05, 0.1) is 32.3 Å². The number of aromatic nitrogens is 1. The minimum Gasteiger partial charge on any atom is -0.377 e. The summed E-state index contributed by atoms with van der Waals surface area (Å²) in [5.74, 6) is -0.216. The number of rotatable bonds is 3. The van der Waals surface area contributed by atoms with Crippen LogP contribution in [0.25, 0.3) is 0 Å². The minimum atomic E-state index is -4.58. The van der Waals surface area contributed by atoms with E-state index >= 15 is 0 Å². The van der Waals surface area contributed by atoms with E-state index in [1.54, 1.807) is 5.01 Å². The SMILES string of the molecule is C[C@@H]1COCCN1n1c(N2CCN(C(=O)C3CCCO3)CC2C(F)(F)F)cccc1=O. The monoisotopic (exact) mass is 444 g/mol. The number of pyridine rings is 1. The lowest BCUT2D eigenvalue weighted by atomic mass is 10.1. The Bertz CT molecular complexity index is 856. The number of amides is 1. The third-order valence-electron chi connectivity index (χ3n) is 6.07. The van der Waals surface area contributed by atoms with E-state index in [0.717, 1.165) is 6.42 Å². The Balaban J connectivity index is 1.65. The predicted octanol–water partition coefficient (Wildman–Crippen LogP) is 0.964. The van der Waals surface area contributed by atoms with E-state index in [9.17, 15) is 22.8 Å². The molecule has 0 radical (unpaired) electrons.